The van der Waals surface area contributed by atoms with Crippen LogP contribution in [0.2, 0.25) is 0 Å². The van der Waals surface area contributed by atoms with Crippen LogP contribution in [0.25, 0.3) is 10.2 Å². The van der Waals surface area contributed by atoms with E-state index in [1.807, 2.05) is 31.5 Å². The van der Waals surface area contributed by atoms with Gasteiger partial charge in [0.25, 0.3) is 5.91 Å². The third-order valence-corrected chi connectivity index (χ3v) is 5.11. The predicted octanol–water partition coefficient (Wildman–Crippen LogP) is 3.84. The van der Waals surface area contributed by atoms with E-state index in [4.69, 9.17) is 0 Å². The number of hydrogen-bond donors (Lipinski definition) is 0. The zero-order valence-corrected chi connectivity index (χ0v) is 13.7. The molecule has 112 valence electrons. The van der Waals surface area contributed by atoms with E-state index < -0.39 is 0 Å². The van der Waals surface area contributed by atoms with Crippen molar-refractivity contribution < 1.29 is 9.18 Å². The highest BCUT2D eigenvalue weighted by atomic mass is 32.2. The van der Waals surface area contributed by atoms with Crippen molar-refractivity contribution in [2.75, 3.05) is 6.26 Å². The Morgan fingerprint density at radius 1 is 1.27 bits per heavy atom. The first-order chi connectivity index (χ1) is 10.6. The van der Waals surface area contributed by atoms with Gasteiger partial charge in [-0.05, 0) is 42.7 Å². The molecule has 1 amide bonds. The summed E-state index contributed by atoms with van der Waals surface area (Å²) in [7, 11) is 1.82. The maximum atomic E-state index is 13.3. The minimum absolute atomic E-state index is 0.292. The molecule has 2 aromatic carbocycles. The van der Waals surface area contributed by atoms with E-state index in [-0.39, 0.29) is 11.7 Å². The van der Waals surface area contributed by atoms with Crippen LogP contribution in [0.1, 0.15) is 10.4 Å². The molecule has 0 spiro atoms. The third-order valence-electron chi connectivity index (χ3n) is 3.29. The monoisotopic (exact) mass is 332 g/mol. The molecule has 0 saturated carbocycles. The maximum Gasteiger partial charge on any atom is 0.279 e. The summed E-state index contributed by atoms with van der Waals surface area (Å²) >= 11 is 2.88. The first kappa shape index (κ1) is 15.0. The lowest BCUT2D eigenvalue weighted by Crippen LogP contribution is -2.13. The summed E-state index contributed by atoms with van der Waals surface area (Å²) in [6, 6.07) is 11.9. The quantitative estimate of drug-likeness (QED) is 0.668. The van der Waals surface area contributed by atoms with Crippen LogP contribution < -0.4 is 4.80 Å². The topological polar surface area (TPSA) is 34.4 Å². The molecule has 3 rings (SSSR count). The van der Waals surface area contributed by atoms with Gasteiger partial charge in [-0.2, -0.15) is 4.99 Å². The highest BCUT2D eigenvalue weighted by Gasteiger charge is 2.08. The molecule has 0 N–H and O–H groups in total. The fourth-order valence-electron chi connectivity index (χ4n) is 2.12. The van der Waals surface area contributed by atoms with Crippen molar-refractivity contribution in [3.63, 3.8) is 0 Å². The van der Waals surface area contributed by atoms with Gasteiger partial charge in [0.15, 0.2) is 4.80 Å². The van der Waals surface area contributed by atoms with Crippen LogP contribution in [0.15, 0.2) is 52.4 Å². The largest absolute Gasteiger partial charge is 0.319 e. The second-order valence-corrected chi connectivity index (χ2v) is 6.59. The molecule has 22 heavy (non-hydrogen) atoms. The van der Waals surface area contributed by atoms with Gasteiger partial charge in [0.05, 0.1) is 10.2 Å². The van der Waals surface area contributed by atoms with Crippen LogP contribution in [0.3, 0.4) is 0 Å². The molecule has 3 aromatic rings. The van der Waals surface area contributed by atoms with E-state index in [9.17, 15) is 9.18 Å². The van der Waals surface area contributed by atoms with E-state index >= 15 is 0 Å². The molecular weight excluding hydrogens is 319 g/mol. The number of carbonyl (C=O) groups is 1. The number of carbonyl (C=O) groups excluding carboxylic acids is 1. The van der Waals surface area contributed by atoms with E-state index in [0.29, 0.717) is 10.4 Å². The standard InChI is InChI=1S/C16H13FN2OS2/c1-19-13-7-6-11(17)9-14(13)22-16(19)18-15(20)10-4-3-5-12(8-10)21-2/h3-9H,1-2H3. The molecule has 1 heterocycles. The van der Waals surface area contributed by atoms with Gasteiger partial charge in [-0.25, -0.2) is 4.39 Å². The average Bonchev–Trinajstić information content (AvgIpc) is 2.82. The molecule has 6 heteroatoms. The van der Waals surface area contributed by atoms with Gasteiger partial charge >= 0.3 is 0 Å². The van der Waals surface area contributed by atoms with Crippen molar-refractivity contribution in [1.82, 2.24) is 4.57 Å². The van der Waals surface area contributed by atoms with Gasteiger partial charge < -0.3 is 4.57 Å². The zero-order valence-electron chi connectivity index (χ0n) is 12.0. The molecular formula is C16H13FN2OS2. The fraction of sp³-hybridized carbons (Fsp3) is 0.125. The molecule has 0 aliphatic heterocycles. The Kier molecular flexibility index (Phi) is 4.13. The molecule has 0 radical (unpaired) electrons. The van der Waals surface area contributed by atoms with Crippen LogP contribution in [0.5, 0.6) is 0 Å². The number of halogens is 1. The number of hydrogen-bond acceptors (Lipinski definition) is 3. The number of benzene rings is 2. The summed E-state index contributed by atoms with van der Waals surface area (Å²) in [4.78, 5) is 18.1. The normalized spacial score (nSPS) is 12.0. The molecule has 0 bridgehead atoms. The van der Waals surface area contributed by atoms with Gasteiger partial charge in [0.1, 0.15) is 5.82 Å². The smallest absolute Gasteiger partial charge is 0.279 e. The van der Waals surface area contributed by atoms with Crippen LogP contribution in [0, 0.1) is 5.82 Å². The number of aryl methyl sites for hydroxylation is 1. The number of rotatable bonds is 2. The molecule has 0 aliphatic carbocycles. The fourth-order valence-corrected chi connectivity index (χ4v) is 3.62. The van der Waals surface area contributed by atoms with Crippen molar-refractivity contribution in [1.29, 1.82) is 0 Å². The summed E-state index contributed by atoms with van der Waals surface area (Å²) in [6.07, 6.45) is 1.96. The van der Waals surface area contributed by atoms with Crippen LogP contribution in [0.4, 0.5) is 4.39 Å². The van der Waals surface area contributed by atoms with E-state index in [1.54, 1.807) is 28.5 Å². The molecule has 0 fully saturated rings. The summed E-state index contributed by atoms with van der Waals surface area (Å²) in [5, 5.41) is 0. The highest BCUT2D eigenvalue weighted by Crippen LogP contribution is 2.18. The Balaban J connectivity index is 2.07. The Morgan fingerprint density at radius 3 is 2.86 bits per heavy atom. The Labute approximate surface area is 135 Å². The molecule has 0 unspecified atom stereocenters. The Hall–Kier alpha value is -1.92. The molecule has 3 nitrogen and oxygen atoms in total. The maximum absolute atomic E-state index is 13.3. The number of fused-ring (bicyclic) bond motifs is 1. The Morgan fingerprint density at radius 2 is 2.09 bits per heavy atom. The molecule has 0 atom stereocenters. The van der Waals surface area contributed by atoms with Gasteiger partial charge in [0, 0.05) is 17.5 Å². The van der Waals surface area contributed by atoms with Crippen molar-refractivity contribution >= 4 is 39.2 Å². The summed E-state index contributed by atoms with van der Waals surface area (Å²) in [5.74, 6) is -0.585. The summed E-state index contributed by atoms with van der Waals surface area (Å²) in [6.45, 7) is 0. The predicted molar refractivity (Wildman–Crippen MR) is 88.9 cm³/mol. The zero-order chi connectivity index (χ0) is 15.7. The number of thiazole rings is 1. The second-order valence-electron chi connectivity index (χ2n) is 4.70. The van der Waals surface area contributed by atoms with Crippen LogP contribution >= 0.6 is 23.1 Å². The number of aromatic nitrogens is 1. The lowest BCUT2D eigenvalue weighted by molar-refractivity contribution is 0.0997. The SMILES string of the molecule is CSc1cccc(C(=O)N=c2sc3cc(F)ccc3n2C)c1. The summed E-state index contributed by atoms with van der Waals surface area (Å²) in [5.41, 5.74) is 1.41. The van der Waals surface area contributed by atoms with Crippen LogP contribution in [-0.4, -0.2) is 16.7 Å². The van der Waals surface area contributed by atoms with Crippen molar-refractivity contribution in [2.45, 2.75) is 4.90 Å². The van der Waals surface area contributed by atoms with Crippen LogP contribution in [-0.2, 0) is 7.05 Å². The van der Waals surface area contributed by atoms with Crippen molar-refractivity contribution in [3.05, 3.63) is 58.6 Å². The minimum atomic E-state index is -0.293. The number of thioether (sulfide) groups is 1. The highest BCUT2D eigenvalue weighted by molar-refractivity contribution is 7.98. The van der Waals surface area contributed by atoms with Gasteiger partial charge in [0.2, 0.25) is 0 Å². The average molecular weight is 332 g/mol. The lowest BCUT2D eigenvalue weighted by atomic mass is 10.2. The second kappa shape index (κ2) is 6.06. The van der Waals surface area contributed by atoms with E-state index in [0.717, 1.165) is 15.1 Å². The Bertz CT molecular complexity index is 927. The van der Waals surface area contributed by atoms with E-state index in [2.05, 4.69) is 4.99 Å². The summed E-state index contributed by atoms with van der Waals surface area (Å²) < 4.78 is 15.9. The molecule has 0 saturated heterocycles. The van der Waals surface area contributed by atoms with Crippen molar-refractivity contribution in [3.8, 4) is 0 Å². The third kappa shape index (κ3) is 2.84. The van der Waals surface area contributed by atoms with Gasteiger partial charge in [-0.15, -0.1) is 11.8 Å². The van der Waals surface area contributed by atoms with E-state index in [1.165, 1.54) is 23.5 Å². The van der Waals surface area contributed by atoms with Gasteiger partial charge in [-0.1, -0.05) is 17.4 Å². The lowest BCUT2D eigenvalue weighted by Gasteiger charge is -1.99. The molecule has 0 aliphatic rings. The number of amides is 1. The van der Waals surface area contributed by atoms with Crippen molar-refractivity contribution in [2.24, 2.45) is 12.0 Å². The first-order valence-electron chi connectivity index (χ1n) is 6.56. The molecule has 1 aromatic heterocycles. The van der Waals surface area contributed by atoms with Gasteiger partial charge in [-0.3, -0.25) is 4.79 Å². The minimum Gasteiger partial charge on any atom is -0.319 e. The first-order valence-corrected chi connectivity index (χ1v) is 8.61. The number of nitrogens with zero attached hydrogens (tertiary/aromatic N) is 2.